The van der Waals surface area contributed by atoms with Crippen molar-refractivity contribution < 1.29 is 13.2 Å². The van der Waals surface area contributed by atoms with Gasteiger partial charge in [0.25, 0.3) is 0 Å². The van der Waals surface area contributed by atoms with Crippen LogP contribution in [-0.4, -0.2) is 31.1 Å². The number of ether oxygens (including phenoxy) is 1. The molecule has 0 spiro atoms. The lowest BCUT2D eigenvalue weighted by Crippen LogP contribution is -2.38. The van der Waals surface area contributed by atoms with E-state index in [9.17, 15) is 8.42 Å². The van der Waals surface area contributed by atoms with Crippen LogP contribution in [0.1, 0.15) is 6.42 Å². The monoisotopic (exact) mass is 362 g/mol. The summed E-state index contributed by atoms with van der Waals surface area (Å²) in [5, 5.41) is 6.53. The van der Waals surface area contributed by atoms with Crippen molar-refractivity contribution in [2.24, 2.45) is 0 Å². The van der Waals surface area contributed by atoms with Gasteiger partial charge in [0.1, 0.15) is 11.5 Å². The second kappa shape index (κ2) is 7.19. The lowest BCUT2D eigenvalue weighted by atomic mass is 10.2. The van der Waals surface area contributed by atoms with E-state index in [1.165, 1.54) is 0 Å². The van der Waals surface area contributed by atoms with E-state index in [1.54, 1.807) is 0 Å². The molecule has 2 aromatic rings. The first-order valence-corrected chi connectivity index (χ1v) is 9.84. The average Bonchev–Trinajstić information content (AvgIpc) is 2.89. The number of nitrogens with one attached hydrogen (secondary N) is 2. The highest BCUT2D eigenvalue weighted by Crippen LogP contribution is 2.22. The summed E-state index contributed by atoms with van der Waals surface area (Å²) < 4.78 is 28.6. The summed E-state index contributed by atoms with van der Waals surface area (Å²) in [5.74, 6) is 1.86. The summed E-state index contributed by atoms with van der Waals surface area (Å²) in [6.45, 7) is 0. The average molecular weight is 362 g/mol. The number of thiocarbonyl (C=S) groups is 1. The number of benzene rings is 2. The summed E-state index contributed by atoms with van der Waals surface area (Å²) in [6, 6.07) is 16.8. The van der Waals surface area contributed by atoms with Crippen LogP contribution >= 0.6 is 12.2 Å². The molecule has 2 N–H and O–H groups in total. The van der Waals surface area contributed by atoms with Crippen LogP contribution in [0.4, 0.5) is 5.69 Å². The van der Waals surface area contributed by atoms with Crippen LogP contribution < -0.4 is 15.4 Å². The van der Waals surface area contributed by atoms with Crippen LogP contribution in [-0.2, 0) is 9.84 Å². The molecule has 0 amide bonds. The molecule has 126 valence electrons. The molecule has 0 aliphatic carbocycles. The Labute approximate surface area is 147 Å². The number of sulfone groups is 1. The molecule has 1 aliphatic rings. The topological polar surface area (TPSA) is 67.4 Å². The Morgan fingerprint density at radius 2 is 1.71 bits per heavy atom. The van der Waals surface area contributed by atoms with Crippen molar-refractivity contribution in [2.45, 2.75) is 12.5 Å². The van der Waals surface area contributed by atoms with Gasteiger partial charge in [-0.1, -0.05) is 18.2 Å². The first kappa shape index (κ1) is 16.7. The van der Waals surface area contributed by atoms with Crippen LogP contribution in [0.5, 0.6) is 11.5 Å². The predicted molar refractivity (Wildman–Crippen MR) is 99.4 cm³/mol. The van der Waals surface area contributed by atoms with Gasteiger partial charge in [-0.15, -0.1) is 0 Å². The maximum atomic E-state index is 11.5. The minimum absolute atomic E-state index is 0.115. The lowest BCUT2D eigenvalue weighted by Gasteiger charge is -2.15. The van der Waals surface area contributed by atoms with E-state index in [0.717, 1.165) is 17.2 Å². The zero-order chi connectivity index (χ0) is 17.0. The van der Waals surface area contributed by atoms with Crippen molar-refractivity contribution in [3.05, 3.63) is 54.6 Å². The Morgan fingerprint density at radius 3 is 2.33 bits per heavy atom. The van der Waals surface area contributed by atoms with Crippen LogP contribution in [0, 0.1) is 0 Å². The van der Waals surface area contributed by atoms with Gasteiger partial charge in [0.05, 0.1) is 11.5 Å². The Hall–Kier alpha value is -2.12. The van der Waals surface area contributed by atoms with E-state index in [2.05, 4.69) is 10.6 Å². The Balaban J connectivity index is 1.53. The standard InChI is InChI=1S/C17H18N2O3S2/c20-24(21)11-10-14(12-24)19-17(23)18-13-6-8-16(9-7-13)22-15-4-2-1-3-5-15/h1-9,14H,10-12H2,(H2,18,19,23)/t14-/m1/s1. The molecular formula is C17H18N2O3S2. The minimum atomic E-state index is -2.92. The van der Waals surface area contributed by atoms with Gasteiger partial charge < -0.3 is 15.4 Å². The van der Waals surface area contributed by atoms with E-state index in [-0.39, 0.29) is 17.5 Å². The quantitative estimate of drug-likeness (QED) is 0.815. The van der Waals surface area contributed by atoms with Crippen molar-refractivity contribution in [3.63, 3.8) is 0 Å². The normalized spacial score (nSPS) is 18.8. The van der Waals surface area contributed by atoms with Crippen molar-refractivity contribution in [2.75, 3.05) is 16.8 Å². The number of rotatable bonds is 4. The van der Waals surface area contributed by atoms with E-state index < -0.39 is 9.84 Å². The van der Waals surface area contributed by atoms with Gasteiger partial charge in [0, 0.05) is 11.7 Å². The minimum Gasteiger partial charge on any atom is -0.457 e. The van der Waals surface area contributed by atoms with E-state index in [4.69, 9.17) is 17.0 Å². The fourth-order valence-electron chi connectivity index (χ4n) is 2.49. The summed E-state index contributed by atoms with van der Waals surface area (Å²) in [4.78, 5) is 0. The molecule has 7 heteroatoms. The Bertz CT molecular complexity index is 805. The second-order valence-corrected chi connectivity index (χ2v) is 8.27. The number of anilines is 1. The third kappa shape index (κ3) is 4.69. The summed E-state index contributed by atoms with van der Waals surface area (Å²) in [5.41, 5.74) is 0.814. The molecule has 0 bridgehead atoms. The number of hydrogen-bond donors (Lipinski definition) is 2. The highest BCUT2D eigenvalue weighted by atomic mass is 32.2. The van der Waals surface area contributed by atoms with Gasteiger partial charge in [-0.05, 0) is 55.0 Å². The molecular weight excluding hydrogens is 344 g/mol. The predicted octanol–water partition coefficient (Wildman–Crippen LogP) is 2.95. The van der Waals surface area contributed by atoms with Gasteiger partial charge in [0.2, 0.25) is 0 Å². The molecule has 1 atom stereocenters. The maximum Gasteiger partial charge on any atom is 0.171 e. The number of para-hydroxylation sites is 1. The fraction of sp³-hybridized carbons (Fsp3) is 0.235. The van der Waals surface area contributed by atoms with E-state index >= 15 is 0 Å². The van der Waals surface area contributed by atoms with Crippen molar-refractivity contribution in [1.82, 2.24) is 5.32 Å². The largest absolute Gasteiger partial charge is 0.457 e. The highest BCUT2D eigenvalue weighted by Gasteiger charge is 2.28. The summed E-state index contributed by atoms with van der Waals surface area (Å²) >= 11 is 5.24. The second-order valence-electron chi connectivity index (χ2n) is 5.64. The SMILES string of the molecule is O=S1(=O)CC[C@@H](NC(=S)Nc2ccc(Oc3ccccc3)cc2)C1. The first-order valence-electron chi connectivity index (χ1n) is 7.61. The van der Waals surface area contributed by atoms with Gasteiger partial charge in [-0.2, -0.15) is 0 Å². The molecule has 24 heavy (non-hydrogen) atoms. The van der Waals surface area contributed by atoms with E-state index in [1.807, 2.05) is 54.6 Å². The molecule has 0 unspecified atom stereocenters. The third-order valence-electron chi connectivity index (χ3n) is 3.66. The zero-order valence-corrected chi connectivity index (χ0v) is 14.6. The van der Waals surface area contributed by atoms with Crippen molar-refractivity contribution >= 4 is 32.9 Å². The molecule has 3 rings (SSSR count). The summed E-state index contributed by atoms with van der Waals surface area (Å²) in [6.07, 6.45) is 0.591. The van der Waals surface area contributed by atoms with Gasteiger partial charge >= 0.3 is 0 Å². The molecule has 2 aromatic carbocycles. The molecule has 0 aromatic heterocycles. The maximum absolute atomic E-state index is 11.5. The molecule has 1 fully saturated rings. The zero-order valence-electron chi connectivity index (χ0n) is 12.9. The number of hydrogen-bond acceptors (Lipinski definition) is 4. The van der Waals surface area contributed by atoms with Crippen molar-refractivity contribution in [1.29, 1.82) is 0 Å². The van der Waals surface area contributed by atoms with Crippen LogP contribution in [0.3, 0.4) is 0 Å². The lowest BCUT2D eigenvalue weighted by molar-refractivity contribution is 0.483. The van der Waals surface area contributed by atoms with E-state index in [0.29, 0.717) is 11.5 Å². The Kier molecular flexibility index (Phi) is 5.01. The Morgan fingerprint density at radius 1 is 1.04 bits per heavy atom. The molecule has 5 nitrogen and oxygen atoms in total. The van der Waals surface area contributed by atoms with Crippen LogP contribution in [0.2, 0.25) is 0 Å². The third-order valence-corrected chi connectivity index (χ3v) is 5.65. The van der Waals surface area contributed by atoms with Gasteiger partial charge in [-0.3, -0.25) is 0 Å². The molecule has 1 heterocycles. The highest BCUT2D eigenvalue weighted by molar-refractivity contribution is 7.91. The van der Waals surface area contributed by atoms with Gasteiger partial charge in [-0.25, -0.2) is 8.42 Å². The fourth-order valence-corrected chi connectivity index (χ4v) is 4.45. The van der Waals surface area contributed by atoms with Gasteiger partial charge in [0.15, 0.2) is 14.9 Å². The van der Waals surface area contributed by atoms with Crippen LogP contribution in [0.25, 0.3) is 0 Å². The molecule has 0 saturated carbocycles. The van der Waals surface area contributed by atoms with Crippen LogP contribution in [0.15, 0.2) is 54.6 Å². The van der Waals surface area contributed by atoms with Crippen molar-refractivity contribution in [3.8, 4) is 11.5 Å². The first-order chi connectivity index (χ1) is 11.5. The summed E-state index contributed by atoms with van der Waals surface area (Å²) in [7, 11) is -2.92. The molecule has 1 saturated heterocycles. The molecule has 0 radical (unpaired) electrons. The molecule has 1 aliphatic heterocycles. The smallest absolute Gasteiger partial charge is 0.171 e.